The van der Waals surface area contributed by atoms with E-state index in [-0.39, 0.29) is 11.3 Å². The molecule has 32 heavy (non-hydrogen) atoms. The summed E-state index contributed by atoms with van der Waals surface area (Å²) in [4.78, 5) is 13.2. The summed E-state index contributed by atoms with van der Waals surface area (Å²) in [6, 6.07) is 17.8. The van der Waals surface area contributed by atoms with Crippen LogP contribution in [0.25, 0.3) is 21.7 Å². The number of aryl methyl sites for hydroxylation is 2. The lowest BCUT2D eigenvalue weighted by Crippen LogP contribution is -2.36. The number of fused-ring (bicyclic) bond motifs is 4. The zero-order valence-electron chi connectivity index (χ0n) is 18.0. The highest BCUT2D eigenvalue weighted by Crippen LogP contribution is 2.36. The largest absolute Gasteiger partial charge is 0.461 e. The number of hydrogen-bond acceptors (Lipinski definition) is 4. The first-order valence-electron chi connectivity index (χ1n) is 11.1. The minimum Gasteiger partial charge on any atom is -0.461 e. The Kier molecular flexibility index (Phi) is 5.25. The Hall–Kier alpha value is -3.12. The monoisotopic (exact) mass is 447 g/mol. The van der Waals surface area contributed by atoms with E-state index in [0.717, 1.165) is 63.1 Å². The number of carbonyl (C=O) groups excluding carboxylic acids is 1. The fourth-order valence-corrected chi connectivity index (χ4v) is 6.02. The van der Waals surface area contributed by atoms with Gasteiger partial charge in [0.2, 0.25) is 5.91 Å². The molecule has 4 aromatic rings. The van der Waals surface area contributed by atoms with Gasteiger partial charge in [0.1, 0.15) is 11.3 Å². The van der Waals surface area contributed by atoms with Crippen molar-refractivity contribution in [1.29, 1.82) is 0 Å². The van der Waals surface area contributed by atoms with Crippen LogP contribution < -0.4 is 4.31 Å². The number of anilines is 1. The molecule has 6 heteroatoms. The maximum atomic E-state index is 13.7. The molecule has 1 amide bonds. The van der Waals surface area contributed by atoms with Crippen LogP contribution in [0.1, 0.15) is 43.9 Å². The number of benzene rings is 3. The quantitative estimate of drug-likeness (QED) is 0.377. The third kappa shape index (κ3) is 3.48. The lowest BCUT2D eigenvalue weighted by molar-refractivity contribution is -0.117. The van der Waals surface area contributed by atoms with Crippen molar-refractivity contribution in [3.63, 3.8) is 0 Å². The Bertz CT molecular complexity index is 1440. The van der Waals surface area contributed by atoms with Crippen molar-refractivity contribution in [1.82, 2.24) is 0 Å². The van der Waals surface area contributed by atoms with E-state index in [1.165, 1.54) is 0 Å². The number of nitrogens with zero attached hydrogens (tertiary/aromatic N) is 1. The van der Waals surface area contributed by atoms with E-state index in [1.807, 2.05) is 31.2 Å². The van der Waals surface area contributed by atoms with Crippen molar-refractivity contribution in [3.05, 3.63) is 72.0 Å². The van der Waals surface area contributed by atoms with Crippen molar-refractivity contribution < 1.29 is 17.6 Å². The second-order valence-electron chi connectivity index (χ2n) is 8.31. The molecule has 3 aromatic carbocycles. The second kappa shape index (κ2) is 8.10. The molecule has 0 saturated carbocycles. The van der Waals surface area contributed by atoms with E-state index in [0.29, 0.717) is 12.1 Å². The summed E-state index contributed by atoms with van der Waals surface area (Å²) in [5.41, 5.74) is 2.24. The minimum atomic E-state index is -4.09. The van der Waals surface area contributed by atoms with Crippen LogP contribution in [0.3, 0.4) is 0 Å². The molecule has 0 spiro atoms. The predicted octanol–water partition coefficient (Wildman–Crippen LogP) is 5.99. The first-order valence-corrected chi connectivity index (χ1v) is 12.5. The Morgan fingerprint density at radius 3 is 2.56 bits per heavy atom. The molecule has 164 valence electrons. The highest BCUT2D eigenvalue weighted by Gasteiger charge is 2.31. The van der Waals surface area contributed by atoms with E-state index >= 15 is 0 Å². The number of furan rings is 1. The van der Waals surface area contributed by atoms with Gasteiger partial charge in [-0.1, -0.05) is 37.3 Å². The van der Waals surface area contributed by atoms with Crippen LogP contribution in [0.15, 0.2) is 70.0 Å². The van der Waals surface area contributed by atoms with E-state index in [2.05, 4.69) is 0 Å². The molecular weight excluding hydrogens is 422 g/mol. The van der Waals surface area contributed by atoms with E-state index in [4.69, 9.17) is 4.42 Å². The fraction of sp³-hybridized carbons (Fsp3) is 0.269. The van der Waals surface area contributed by atoms with Gasteiger partial charge in [0.25, 0.3) is 10.0 Å². The first-order chi connectivity index (χ1) is 15.5. The predicted molar refractivity (Wildman–Crippen MR) is 126 cm³/mol. The second-order valence-corrected chi connectivity index (χ2v) is 10.1. The molecule has 1 aliphatic rings. The molecule has 0 fully saturated rings. The maximum Gasteiger partial charge on any atom is 0.270 e. The van der Waals surface area contributed by atoms with Gasteiger partial charge in [0.05, 0.1) is 10.6 Å². The summed E-state index contributed by atoms with van der Waals surface area (Å²) in [7, 11) is -4.09. The van der Waals surface area contributed by atoms with Crippen LogP contribution >= 0.6 is 0 Å². The lowest BCUT2D eigenvalue weighted by atomic mass is 9.96. The molecule has 0 radical (unpaired) electrons. The topological polar surface area (TPSA) is 67.6 Å². The molecular formula is C26H25NO4S. The Labute approximate surface area is 187 Å². The van der Waals surface area contributed by atoms with Crippen molar-refractivity contribution in [2.45, 2.75) is 50.3 Å². The number of carbonyl (C=O) groups is 1. The first kappa shape index (κ1) is 20.8. The molecule has 0 unspecified atom stereocenters. The van der Waals surface area contributed by atoms with E-state index in [1.54, 1.807) is 36.4 Å². The highest BCUT2D eigenvalue weighted by atomic mass is 32.2. The van der Waals surface area contributed by atoms with Crippen LogP contribution in [0.2, 0.25) is 0 Å². The lowest BCUT2D eigenvalue weighted by Gasteiger charge is -2.23. The van der Waals surface area contributed by atoms with Crippen LogP contribution in [0.5, 0.6) is 0 Å². The van der Waals surface area contributed by atoms with Gasteiger partial charge in [0.15, 0.2) is 0 Å². The molecule has 0 bridgehead atoms. The summed E-state index contributed by atoms with van der Waals surface area (Å²) >= 11 is 0. The molecule has 0 saturated heterocycles. The van der Waals surface area contributed by atoms with Gasteiger partial charge in [-0.25, -0.2) is 12.7 Å². The number of amides is 1. The van der Waals surface area contributed by atoms with Gasteiger partial charge in [-0.3, -0.25) is 4.79 Å². The molecule has 1 aliphatic carbocycles. The minimum absolute atomic E-state index is 0.106. The van der Waals surface area contributed by atoms with Crippen molar-refractivity contribution in [2.75, 3.05) is 4.31 Å². The van der Waals surface area contributed by atoms with E-state index < -0.39 is 15.9 Å². The van der Waals surface area contributed by atoms with Gasteiger partial charge in [-0.2, -0.15) is 0 Å². The average Bonchev–Trinajstić information content (AvgIpc) is 3.17. The summed E-state index contributed by atoms with van der Waals surface area (Å²) in [5.74, 6) is 0.546. The van der Waals surface area contributed by atoms with Crippen LogP contribution in [0, 0.1) is 0 Å². The van der Waals surface area contributed by atoms with Gasteiger partial charge in [-0.15, -0.1) is 0 Å². The van der Waals surface area contributed by atoms with Crippen LogP contribution in [-0.2, 0) is 27.7 Å². The summed E-state index contributed by atoms with van der Waals surface area (Å²) in [5, 5.41) is 2.67. The molecule has 1 heterocycles. The van der Waals surface area contributed by atoms with Crippen molar-refractivity contribution in [2.24, 2.45) is 0 Å². The van der Waals surface area contributed by atoms with Gasteiger partial charge >= 0.3 is 0 Å². The van der Waals surface area contributed by atoms with Crippen molar-refractivity contribution in [3.8, 4) is 0 Å². The number of rotatable bonds is 5. The maximum absolute atomic E-state index is 13.7. The Balaban J connectivity index is 1.65. The molecule has 5 nitrogen and oxygen atoms in total. The van der Waals surface area contributed by atoms with Crippen molar-refractivity contribution >= 4 is 43.4 Å². The van der Waals surface area contributed by atoms with Gasteiger partial charge in [-0.05, 0) is 66.8 Å². The smallest absolute Gasteiger partial charge is 0.270 e. The summed E-state index contributed by atoms with van der Waals surface area (Å²) in [6.07, 6.45) is 4.69. The number of sulfonamides is 1. The normalized spacial score (nSPS) is 13.9. The molecule has 5 rings (SSSR count). The van der Waals surface area contributed by atoms with Crippen LogP contribution in [-0.4, -0.2) is 14.3 Å². The molecule has 0 aliphatic heterocycles. The standard InChI is InChI=1S/C26H25NO4S/c1-2-7-26(28)27(32(29,30)21-14-12-18-8-3-4-9-19(18)16-21)20-13-15-25-23(17-20)22-10-5-6-11-24(22)31-25/h3-4,8-9,12-17H,2,5-7,10-11H2,1H3. The Morgan fingerprint density at radius 1 is 0.969 bits per heavy atom. The molecule has 0 N–H and O–H groups in total. The summed E-state index contributed by atoms with van der Waals surface area (Å²) in [6.45, 7) is 1.87. The third-order valence-corrected chi connectivity index (χ3v) is 7.87. The zero-order chi connectivity index (χ0) is 22.3. The summed E-state index contributed by atoms with van der Waals surface area (Å²) < 4.78 is 34.4. The fourth-order valence-electron chi connectivity index (χ4n) is 4.54. The SMILES string of the molecule is CCCC(=O)N(c1ccc2oc3c(c2c1)CCCC3)S(=O)(=O)c1ccc2ccccc2c1. The van der Waals surface area contributed by atoms with Gasteiger partial charge in [0, 0.05) is 23.8 Å². The third-order valence-electron chi connectivity index (χ3n) is 6.12. The van der Waals surface area contributed by atoms with E-state index in [9.17, 15) is 13.2 Å². The number of hydrogen-bond donors (Lipinski definition) is 0. The zero-order valence-corrected chi connectivity index (χ0v) is 18.8. The van der Waals surface area contributed by atoms with Gasteiger partial charge < -0.3 is 4.42 Å². The average molecular weight is 448 g/mol. The molecule has 0 atom stereocenters. The molecule has 1 aromatic heterocycles. The van der Waals surface area contributed by atoms with Crippen LogP contribution in [0.4, 0.5) is 5.69 Å². The Morgan fingerprint density at radius 2 is 1.75 bits per heavy atom. The highest BCUT2D eigenvalue weighted by molar-refractivity contribution is 7.93.